The second kappa shape index (κ2) is 11.6. The highest BCUT2D eigenvalue weighted by Crippen LogP contribution is 2.38. The van der Waals surface area contributed by atoms with Crippen LogP contribution in [-0.2, 0) is 20.9 Å². The molecule has 7 nitrogen and oxygen atoms in total. The number of imide groups is 1. The Morgan fingerprint density at radius 2 is 1.85 bits per heavy atom. The Hall–Kier alpha value is -2.49. The summed E-state index contributed by atoms with van der Waals surface area (Å²) in [6.07, 6.45) is 1.57. The van der Waals surface area contributed by atoms with Gasteiger partial charge in [-0.3, -0.25) is 19.3 Å². The first-order chi connectivity index (χ1) is 15.8. The molecule has 0 radical (unpaired) electrons. The first kappa shape index (κ1) is 25.1. The molecule has 1 aliphatic rings. The standard InChI is InChI=1S/C23H21BrClNO6S/c1-3-30-18-9-15(10-20-22(28)26(23(29)33-20)12-21(27)31-4-2)16(24)11-19(18)32-13-14-7-5-6-8-17(14)25/h5-11H,3-4,12-13H2,1-2H3/b20-10+. The minimum atomic E-state index is -0.638. The Morgan fingerprint density at radius 3 is 2.55 bits per heavy atom. The summed E-state index contributed by atoms with van der Waals surface area (Å²) in [5, 5.41) is 0.0739. The van der Waals surface area contributed by atoms with Crippen LogP contribution in [0.15, 0.2) is 45.8 Å². The van der Waals surface area contributed by atoms with Gasteiger partial charge in [-0.15, -0.1) is 0 Å². The minimum absolute atomic E-state index is 0.170. The molecule has 33 heavy (non-hydrogen) atoms. The smallest absolute Gasteiger partial charge is 0.326 e. The lowest BCUT2D eigenvalue weighted by Crippen LogP contribution is -2.34. The number of ether oxygens (including phenoxy) is 3. The molecule has 10 heteroatoms. The minimum Gasteiger partial charge on any atom is -0.490 e. The molecule has 0 unspecified atom stereocenters. The van der Waals surface area contributed by atoms with Crippen molar-refractivity contribution in [1.29, 1.82) is 0 Å². The fourth-order valence-electron chi connectivity index (χ4n) is 2.93. The summed E-state index contributed by atoms with van der Waals surface area (Å²) in [7, 11) is 0. The van der Waals surface area contributed by atoms with Gasteiger partial charge in [0.15, 0.2) is 11.5 Å². The molecule has 1 saturated heterocycles. The molecule has 3 rings (SSSR count). The van der Waals surface area contributed by atoms with Crippen LogP contribution >= 0.6 is 39.3 Å². The first-order valence-corrected chi connectivity index (χ1v) is 12.1. The molecule has 2 aromatic rings. The van der Waals surface area contributed by atoms with Crippen molar-refractivity contribution in [3.05, 3.63) is 61.9 Å². The lowest BCUT2D eigenvalue weighted by Gasteiger charge is -2.15. The van der Waals surface area contributed by atoms with Gasteiger partial charge < -0.3 is 14.2 Å². The highest BCUT2D eigenvalue weighted by Gasteiger charge is 2.36. The predicted octanol–water partition coefficient (Wildman–Crippen LogP) is 5.68. The highest BCUT2D eigenvalue weighted by atomic mass is 79.9. The van der Waals surface area contributed by atoms with Gasteiger partial charge in [-0.1, -0.05) is 45.7 Å². The number of rotatable bonds is 9. The summed E-state index contributed by atoms with van der Waals surface area (Å²) in [6, 6.07) is 10.8. The summed E-state index contributed by atoms with van der Waals surface area (Å²) in [5.41, 5.74) is 1.45. The summed E-state index contributed by atoms with van der Waals surface area (Å²) in [5.74, 6) is -0.219. The molecule has 0 bridgehead atoms. The number of esters is 1. The molecule has 1 heterocycles. The van der Waals surface area contributed by atoms with E-state index < -0.39 is 23.7 Å². The molecule has 174 valence electrons. The average Bonchev–Trinajstić information content (AvgIpc) is 3.03. The summed E-state index contributed by atoms with van der Waals surface area (Å²) in [6.45, 7) is 3.90. The van der Waals surface area contributed by atoms with E-state index in [2.05, 4.69) is 15.9 Å². The van der Waals surface area contributed by atoms with Crippen molar-refractivity contribution in [1.82, 2.24) is 4.90 Å². The number of carbonyl (C=O) groups is 3. The van der Waals surface area contributed by atoms with E-state index in [9.17, 15) is 14.4 Å². The molecule has 0 atom stereocenters. The van der Waals surface area contributed by atoms with Crippen molar-refractivity contribution in [2.75, 3.05) is 19.8 Å². The normalized spacial score (nSPS) is 14.7. The zero-order chi connectivity index (χ0) is 24.0. The number of hydrogen-bond acceptors (Lipinski definition) is 7. The van der Waals surface area contributed by atoms with E-state index in [1.54, 1.807) is 31.2 Å². The lowest BCUT2D eigenvalue weighted by molar-refractivity contribution is -0.145. The first-order valence-electron chi connectivity index (χ1n) is 10.1. The fraction of sp³-hybridized carbons (Fsp3) is 0.261. The van der Waals surface area contributed by atoms with Crippen molar-refractivity contribution < 1.29 is 28.6 Å². The van der Waals surface area contributed by atoms with Crippen LogP contribution in [0.3, 0.4) is 0 Å². The summed E-state index contributed by atoms with van der Waals surface area (Å²) in [4.78, 5) is 37.7. The van der Waals surface area contributed by atoms with Crippen molar-refractivity contribution in [3.63, 3.8) is 0 Å². The van der Waals surface area contributed by atoms with Gasteiger partial charge in [-0.25, -0.2) is 0 Å². The lowest BCUT2D eigenvalue weighted by atomic mass is 10.1. The third-order valence-corrected chi connectivity index (χ3v) is 6.42. The summed E-state index contributed by atoms with van der Waals surface area (Å²) >= 11 is 10.5. The Morgan fingerprint density at radius 1 is 1.12 bits per heavy atom. The molecule has 1 fully saturated rings. The van der Waals surface area contributed by atoms with Crippen LogP contribution in [0.2, 0.25) is 5.02 Å². The molecule has 2 aromatic carbocycles. The number of halogens is 2. The highest BCUT2D eigenvalue weighted by molar-refractivity contribution is 9.10. The van der Waals surface area contributed by atoms with Crippen LogP contribution < -0.4 is 9.47 Å². The molecule has 0 aromatic heterocycles. The van der Waals surface area contributed by atoms with Gasteiger partial charge in [0.25, 0.3) is 11.1 Å². The maximum Gasteiger partial charge on any atom is 0.326 e. The number of hydrogen-bond donors (Lipinski definition) is 0. The number of benzene rings is 2. The van der Waals surface area contributed by atoms with Gasteiger partial charge in [-0.2, -0.15) is 0 Å². The Bertz CT molecular complexity index is 1110. The van der Waals surface area contributed by atoms with Crippen LogP contribution in [0.1, 0.15) is 25.0 Å². The van der Waals surface area contributed by atoms with Crippen LogP contribution in [-0.4, -0.2) is 41.8 Å². The second-order valence-electron chi connectivity index (χ2n) is 6.71. The van der Waals surface area contributed by atoms with Crippen molar-refractivity contribution in [2.24, 2.45) is 0 Å². The van der Waals surface area contributed by atoms with Gasteiger partial charge in [0.1, 0.15) is 13.2 Å². The SMILES string of the molecule is CCOC(=O)CN1C(=O)S/C(=C/c2cc(OCC)c(OCc3ccccc3Cl)cc2Br)C1=O. The maximum absolute atomic E-state index is 12.7. The molecule has 0 N–H and O–H groups in total. The largest absolute Gasteiger partial charge is 0.490 e. The van der Waals surface area contributed by atoms with Crippen LogP contribution in [0.5, 0.6) is 11.5 Å². The topological polar surface area (TPSA) is 82.1 Å². The third-order valence-electron chi connectivity index (χ3n) is 4.46. The van der Waals surface area contributed by atoms with Gasteiger partial charge in [0, 0.05) is 15.1 Å². The van der Waals surface area contributed by atoms with E-state index in [4.69, 9.17) is 25.8 Å². The monoisotopic (exact) mass is 553 g/mol. The van der Waals surface area contributed by atoms with Crippen molar-refractivity contribution in [3.8, 4) is 11.5 Å². The van der Waals surface area contributed by atoms with Gasteiger partial charge in [-0.05, 0) is 55.4 Å². The predicted molar refractivity (Wildman–Crippen MR) is 130 cm³/mol. The quantitative estimate of drug-likeness (QED) is 0.291. The molecule has 0 aliphatic carbocycles. The number of nitrogens with zero attached hydrogens (tertiary/aromatic N) is 1. The van der Waals surface area contributed by atoms with Crippen molar-refractivity contribution in [2.45, 2.75) is 20.5 Å². The van der Waals surface area contributed by atoms with E-state index in [1.165, 1.54) is 0 Å². The number of amides is 2. The zero-order valence-corrected chi connectivity index (χ0v) is 21.1. The summed E-state index contributed by atoms with van der Waals surface area (Å²) < 4.78 is 17.1. The number of carbonyl (C=O) groups excluding carboxylic acids is 3. The van der Waals surface area contributed by atoms with Crippen LogP contribution in [0, 0.1) is 0 Å². The van der Waals surface area contributed by atoms with Crippen LogP contribution in [0.25, 0.3) is 6.08 Å². The zero-order valence-electron chi connectivity index (χ0n) is 17.9. The van der Waals surface area contributed by atoms with E-state index >= 15 is 0 Å². The molecule has 1 aliphatic heterocycles. The van der Waals surface area contributed by atoms with Crippen LogP contribution in [0.4, 0.5) is 4.79 Å². The number of thioether (sulfide) groups is 1. The van der Waals surface area contributed by atoms with E-state index in [0.29, 0.717) is 33.2 Å². The van der Waals surface area contributed by atoms with Gasteiger partial charge in [0.05, 0.1) is 18.1 Å². The Kier molecular flexibility index (Phi) is 8.82. The third kappa shape index (κ3) is 6.31. The average molecular weight is 555 g/mol. The van der Waals surface area contributed by atoms with Crippen molar-refractivity contribution >= 4 is 62.5 Å². The van der Waals surface area contributed by atoms with Gasteiger partial charge in [0.2, 0.25) is 0 Å². The van der Waals surface area contributed by atoms with Gasteiger partial charge >= 0.3 is 5.97 Å². The Balaban J connectivity index is 1.83. The molecular weight excluding hydrogens is 534 g/mol. The molecule has 0 spiro atoms. The van der Waals surface area contributed by atoms with E-state index in [1.807, 2.05) is 25.1 Å². The maximum atomic E-state index is 12.7. The molecule has 0 saturated carbocycles. The second-order valence-corrected chi connectivity index (χ2v) is 8.96. The van der Waals surface area contributed by atoms with E-state index in [0.717, 1.165) is 22.2 Å². The Labute approximate surface area is 209 Å². The van der Waals surface area contributed by atoms with E-state index in [-0.39, 0.29) is 18.1 Å². The molecular formula is C23H21BrClNO6S. The molecule has 2 amide bonds. The fourth-order valence-corrected chi connectivity index (χ4v) is 4.38.